The largest absolute Gasteiger partial charge is 0.361 e. The van der Waals surface area contributed by atoms with Gasteiger partial charge in [-0.05, 0) is 38.1 Å². The number of hydrogen-bond acceptors (Lipinski definition) is 7. The first-order valence-corrected chi connectivity index (χ1v) is 12.7. The molecule has 0 radical (unpaired) electrons. The number of benzene rings is 2. The van der Waals surface area contributed by atoms with E-state index >= 15 is 0 Å². The number of nitriles is 1. The third-order valence-corrected chi connectivity index (χ3v) is 6.83. The van der Waals surface area contributed by atoms with Crippen molar-refractivity contribution in [1.29, 1.82) is 5.26 Å². The molecule has 0 saturated heterocycles. The van der Waals surface area contributed by atoms with Gasteiger partial charge in [0.05, 0.1) is 64.2 Å². The Kier molecular flexibility index (Phi) is 6.34. The van der Waals surface area contributed by atoms with Crippen molar-refractivity contribution in [3.05, 3.63) is 126 Å². The minimum absolute atomic E-state index is 0.349. The van der Waals surface area contributed by atoms with E-state index in [4.69, 9.17) is 16.5 Å². The minimum atomic E-state index is -0.706. The van der Waals surface area contributed by atoms with Crippen molar-refractivity contribution < 1.29 is 0 Å². The zero-order valence-electron chi connectivity index (χ0n) is 22.2. The van der Waals surface area contributed by atoms with Crippen LogP contribution in [0.5, 0.6) is 0 Å². The van der Waals surface area contributed by atoms with Gasteiger partial charge in [-0.1, -0.05) is 43.0 Å². The standard InChI is InChI=1S/C31H22N10/c1-31(2,28-19-34-17-25(38-28)23-15-36-40(27(23)14-32)21-10-6-4-7-11-21)29-20-35-18-26(39-29)24-16-37-41(30(24)33-3)22-12-8-5-9-13-22/h4-13,15-20H,1-2H3. The summed E-state index contributed by atoms with van der Waals surface area (Å²) in [4.78, 5) is 22.4. The van der Waals surface area contributed by atoms with E-state index in [1.54, 1.807) is 46.5 Å². The number of para-hydroxylation sites is 2. The van der Waals surface area contributed by atoms with E-state index in [-0.39, 0.29) is 0 Å². The molecule has 0 amide bonds. The van der Waals surface area contributed by atoms with E-state index in [0.29, 0.717) is 45.4 Å². The molecule has 6 aromatic rings. The van der Waals surface area contributed by atoms with Gasteiger partial charge in [0, 0.05) is 18.0 Å². The molecule has 0 aliphatic heterocycles. The summed E-state index contributed by atoms with van der Waals surface area (Å²) >= 11 is 0. The minimum Gasteiger partial charge on any atom is -0.361 e. The highest BCUT2D eigenvalue weighted by molar-refractivity contribution is 5.74. The van der Waals surface area contributed by atoms with Crippen LogP contribution in [0.25, 0.3) is 38.7 Å². The lowest BCUT2D eigenvalue weighted by molar-refractivity contribution is 0.589. The Morgan fingerprint density at radius 3 is 1.78 bits per heavy atom. The lowest BCUT2D eigenvalue weighted by Gasteiger charge is -2.23. The highest BCUT2D eigenvalue weighted by Gasteiger charge is 2.29. The van der Waals surface area contributed by atoms with Gasteiger partial charge in [0.2, 0.25) is 0 Å². The lowest BCUT2D eigenvalue weighted by atomic mass is 9.85. The summed E-state index contributed by atoms with van der Waals surface area (Å²) in [6, 6.07) is 21.2. The average Bonchev–Trinajstić information content (AvgIpc) is 3.67. The van der Waals surface area contributed by atoms with Crippen LogP contribution in [0, 0.1) is 17.9 Å². The first-order valence-electron chi connectivity index (χ1n) is 12.7. The van der Waals surface area contributed by atoms with E-state index in [2.05, 4.69) is 31.1 Å². The molecule has 41 heavy (non-hydrogen) atoms. The monoisotopic (exact) mass is 534 g/mol. The molecule has 0 N–H and O–H groups in total. The highest BCUT2D eigenvalue weighted by Crippen LogP contribution is 2.34. The molecule has 0 spiro atoms. The van der Waals surface area contributed by atoms with Gasteiger partial charge in [0.1, 0.15) is 11.8 Å². The molecule has 4 aromatic heterocycles. The third kappa shape index (κ3) is 4.50. The van der Waals surface area contributed by atoms with Gasteiger partial charge in [0.25, 0.3) is 5.82 Å². The first-order chi connectivity index (χ1) is 20.0. The summed E-state index contributed by atoms with van der Waals surface area (Å²) in [5.41, 5.74) is 4.73. The smallest absolute Gasteiger partial charge is 0.266 e. The van der Waals surface area contributed by atoms with E-state index in [9.17, 15) is 5.26 Å². The van der Waals surface area contributed by atoms with Crippen LogP contribution in [-0.4, -0.2) is 39.5 Å². The summed E-state index contributed by atoms with van der Waals surface area (Å²) in [7, 11) is 0. The SMILES string of the molecule is [C-]#[N+]c1c(-c2cncc(C(C)(C)c3cncc(-c4cnn(-c5ccccc5)c4C#N)n3)n2)cnn1-c1ccccc1. The van der Waals surface area contributed by atoms with Crippen molar-refractivity contribution in [3.8, 4) is 40.0 Å². The van der Waals surface area contributed by atoms with Crippen LogP contribution in [-0.2, 0) is 5.41 Å². The Bertz CT molecular complexity index is 1800. The zero-order valence-corrected chi connectivity index (χ0v) is 22.2. The van der Waals surface area contributed by atoms with Crippen LogP contribution < -0.4 is 0 Å². The van der Waals surface area contributed by atoms with Gasteiger partial charge in [-0.2, -0.15) is 15.0 Å². The maximum atomic E-state index is 9.97. The molecule has 0 bridgehead atoms. The second kappa shape index (κ2) is 10.3. The van der Waals surface area contributed by atoms with Crippen molar-refractivity contribution in [2.45, 2.75) is 19.3 Å². The van der Waals surface area contributed by atoms with Crippen LogP contribution in [0.1, 0.15) is 30.9 Å². The molecule has 2 aromatic carbocycles. The van der Waals surface area contributed by atoms with Gasteiger partial charge >= 0.3 is 0 Å². The third-order valence-electron chi connectivity index (χ3n) is 6.83. The molecule has 0 saturated carbocycles. The molecule has 6 rings (SSSR count). The lowest BCUT2D eigenvalue weighted by Crippen LogP contribution is -2.23. The summed E-state index contributed by atoms with van der Waals surface area (Å²) in [5.74, 6) is 0.349. The Hall–Kier alpha value is -6.00. The quantitative estimate of drug-likeness (QED) is 0.251. The van der Waals surface area contributed by atoms with Gasteiger partial charge in [-0.25, -0.2) is 14.6 Å². The molecule has 4 heterocycles. The van der Waals surface area contributed by atoms with Gasteiger partial charge in [-0.15, -0.1) is 5.10 Å². The predicted octanol–water partition coefficient (Wildman–Crippen LogP) is 5.72. The molecular formula is C31H22N10. The zero-order chi connectivity index (χ0) is 28.4. The highest BCUT2D eigenvalue weighted by atomic mass is 15.3. The van der Waals surface area contributed by atoms with Gasteiger partial charge in [0.15, 0.2) is 5.69 Å². The number of rotatable bonds is 6. The van der Waals surface area contributed by atoms with Crippen LogP contribution >= 0.6 is 0 Å². The van der Waals surface area contributed by atoms with Crippen LogP contribution in [0.2, 0.25) is 0 Å². The van der Waals surface area contributed by atoms with Crippen molar-refractivity contribution in [2.24, 2.45) is 0 Å². The molecule has 0 aliphatic carbocycles. The maximum Gasteiger partial charge on any atom is 0.266 e. The summed E-state index contributed by atoms with van der Waals surface area (Å²) in [6.45, 7) is 11.8. The second-order valence-corrected chi connectivity index (χ2v) is 9.71. The number of aromatic nitrogens is 8. The predicted molar refractivity (Wildman–Crippen MR) is 152 cm³/mol. The average molecular weight is 535 g/mol. The van der Waals surface area contributed by atoms with Crippen molar-refractivity contribution in [3.63, 3.8) is 0 Å². The van der Waals surface area contributed by atoms with Crippen molar-refractivity contribution >= 4 is 5.82 Å². The Morgan fingerprint density at radius 2 is 1.22 bits per heavy atom. The number of nitrogens with zero attached hydrogens (tertiary/aromatic N) is 10. The second-order valence-electron chi connectivity index (χ2n) is 9.71. The Labute approximate surface area is 236 Å². The fourth-order valence-corrected chi connectivity index (χ4v) is 4.52. The van der Waals surface area contributed by atoms with E-state index in [0.717, 1.165) is 11.4 Å². The van der Waals surface area contributed by atoms with Crippen LogP contribution in [0.4, 0.5) is 5.82 Å². The fraction of sp³-hybridized carbons (Fsp3) is 0.0968. The molecular weight excluding hydrogens is 512 g/mol. The Morgan fingerprint density at radius 1 is 0.707 bits per heavy atom. The normalized spacial score (nSPS) is 11.1. The Balaban J connectivity index is 1.38. The summed E-state index contributed by atoms with van der Waals surface area (Å²) in [6.07, 6.45) is 9.88. The molecule has 0 aliphatic rings. The van der Waals surface area contributed by atoms with Crippen LogP contribution in [0.15, 0.2) is 97.8 Å². The van der Waals surface area contributed by atoms with Crippen molar-refractivity contribution in [2.75, 3.05) is 0 Å². The number of hydrogen-bond donors (Lipinski definition) is 0. The topological polar surface area (TPSA) is 115 Å². The van der Waals surface area contributed by atoms with E-state index < -0.39 is 5.41 Å². The summed E-state index contributed by atoms with van der Waals surface area (Å²) < 4.78 is 3.19. The molecule has 10 nitrogen and oxygen atoms in total. The molecule has 0 fully saturated rings. The van der Waals surface area contributed by atoms with Crippen LogP contribution in [0.3, 0.4) is 0 Å². The van der Waals surface area contributed by atoms with E-state index in [1.165, 1.54) is 0 Å². The van der Waals surface area contributed by atoms with Crippen molar-refractivity contribution in [1.82, 2.24) is 39.5 Å². The van der Waals surface area contributed by atoms with E-state index in [1.807, 2.05) is 74.5 Å². The summed E-state index contributed by atoms with van der Waals surface area (Å²) in [5, 5.41) is 18.9. The molecule has 0 unspecified atom stereocenters. The molecule has 196 valence electrons. The first kappa shape index (κ1) is 25.3. The van der Waals surface area contributed by atoms with Gasteiger partial charge < -0.3 is 4.85 Å². The van der Waals surface area contributed by atoms with Gasteiger partial charge in [-0.3, -0.25) is 9.97 Å². The molecule has 10 heteroatoms. The molecule has 0 atom stereocenters. The fourth-order valence-electron chi connectivity index (χ4n) is 4.52. The maximum absolute atomic E-state index is 9.97.